The molecule has 1 aromatic carbocycles. The van der Waals surface area contributed by atoms with Gasteiger partial charge in [-0.2, -0.15) is 0 Å². The molecule has 0 spiro atoms. The fraction of sp³-hybridized carbons (Fsp3) is 0.417. The topological polar surface area (TPSA) is 55.1 Å². The molecule has 3 N–H and O–H groups in total. The molecule has 1 aromatic rings. The monoisotopic (exact) mass is 242 g/mol. The van der Waals surface area contributed by atoms with Crippen LogP contribution in [0, 0.1) is 17.0 Å². The summed E-state index contributed by atoms with van der Waals surface area (Å²) in [7, 11) is 0. The molecule has 0 aromatic heterocycles. The summed E-state index contributed by atoms with van der Waals surface area (Å²) >= 11 is 0. The van der Waals surface area contributed by atoms with Crippen molar-refractivity contribution in [1.82, 2.24) is 5.32 Å². The molecule has 0 heterocycles. The Morgan fingerprint density at radius 2 is 2.00 bits per heavy atom. The van der Waals surface area contributed by atoms with Crippen LogP contribution >= 0.6 is 0 Å². The smallest absolute Gasteiger partial charge is 0.251 e. The first kappa shape index (κ1) is 13.6. The van der Waals surface area contributed by atoms with E-state index < -0.39 is 17.5 Å². The number of benzene rings is 1. The van der Waals surface area contributed by atoms with Gasteiger partial charge < -0.3 is 11.1 Å². The van der Waals surface area contributed by atoms with Gasteiger partial charge in [-0.15, -0.1) is 0 Å². The zero-order valence-electron chi connectivity index (χ0n) is 9.89. The first-order valence-corrected chi connectivity index (χ1v) is 5.29. The molecule has 0 saturated heterocycles. The lowest BCUT2D eigenvalue weighted by atomic mass is 9.94. The molecule has 0 aliphatic heterocycles. The van der Waals surface area contributed by atoms with E-state index in [9.17, 15) is 13.6 Å². The van der Waals surface area contributed by atoms with Crippen LogP contribution in [0.4, 0.5) is 8.78 Å². The lowest BCUT2D eigenvalue weighted by molar-refractivity contribution is 0.0937. The normalized spacial score (nSPS) is 11.4. The van der Waals surface area contributed by atoms with Crippen molar-refractivity contribution in [1.29, 1.82) is 0 Å². The van der Waals surface area contributed by atoms with E-state index in [2.05, 4.69) is 5.32 Å². The predicted molar refractivity (Wildman–Crippen MR) is 61.5 cm³/mol. The number of halogens is 2. The van der Waals surface area contributed by atoms with Crippen LogP contribution in [0.3, 0.4) is 0 Å². The van der Waals surface area contributed by atoms with E-state index in [-0.39, 0.29) is 11.0 Å². The number of nitrogens with two attached hydrogens (primary N) is 1. The van der Waals surface area contributed by atoms with E-state index in [0.717, 1.165) is 12.1 Å². The molecule has 0 bridgehead atoms. The highest BCUT2D eigenvalue weighted by molar-refractivity contribution is 5.94. The van der Waals surface area contributed by atoms with Gasteiger partial charge in [0.15, 0.2) is 11.6 Å². The van der Waals surface area contributed by atoms with Gasteiger partial charge in [0, 0.05) is 12.1 Å². The molecular formula is C12H16F2N2O. The van der Waals surface area contributed by atoms with Crippen molar-refractivity contribution in [3.05, 3.63) is 35.4 Å². The summed E-state index contributed by atoms with van der Waals surface area (Å²) in [6.45, 7) is 4.60. The van der Waals surface area contributed by atoms with E-state index in [1.54, 1.807) is 0 Å². The molecule has 0 unspecified atom stereocenters. The predicted octanol–water partition coefficient (Wildman–Crippen LogP) is 1.68. The average Bonchev–Trinajstić information content (AvgIpc) is 2.30. The van der Waals surface area contributed by atoms with Crippen molar-refractivity contribution < 1.29 is 13.6 Å². The molecule has 1 rings (SSSR count). The van der Waals surface area contributed by atoms with Gasteiger partial charge in [0.1, 0.15) is 0 Å². The highest BCUT2D eigenvalue weighted by atomic mass is 19.2. The number of hydrogen-bond acceptors (Lipinski definition) is 2. The van der Waals surface area contributed by atoms with E-state index >= 15 is 0 Å². The van der Waals surface area contributed by atoms with Crippen molar-refractivity contribution >= 4 is 5.91 Å². The van der Waals surface area contributed by atoms with Gasteiger partial charge in [0.2, 0.25) is 0 Å². The van der Waals surface area contributed by atoms with Gasteiger partial charge in [-0.1, -0.05) is 13.8 Å². The van der Waals surface area contributed by atoms with Gasteiger partial charge >= 0.3 is 0 Å². The number of rotatable bonds is 4. The van der Waals surface area contributed by atoms with Crippen LogP contribution in [0.25, 0.3) is 0 Å². The van der Waals surface area contributed by atoms with Crippen LogP contribution in [0.15, 0.2) is 18.2 Å². The minimum absolute atomic E-state index is 0.0942. The van der Waals surface area contributed by atoms with Crippen LogP contribution in [0.2, 0.25) is 0 Å². The highest BCUT2D eigenvalue weighted by Crippen LogP contribution is 2.12. The lowest BCUT2D eigenvalue weighted by Gasteiger charge is -2.22. The maximum absolute atomic E-state index is 12.9. The summed E-state index contributed by atoms with van der Waals surface area (Å²) in [4.78, 5) is 11.6. The first-order valence-electron chi connectivity index (χ1n) is 5.29. The minimum atomic E-state index is -1.03. The first-order chi connectivity index (χ1) is 7.85. The number of amides is 1. The van der Waals surface area contributed by atoms with E-state index in [1.165, 1.54) is 6.07 Å². The molecule has 0 radical (unpaired) electrons. The molecule has 94 valence electrons. The van der Waals surface area contributed by atoms with Crippen molar-refractivity contribution in [2.45, 2.75) is 13.8 Å². The fourth-order valence-corrected chi connectivity index (χ4v) is 1.13. The van der Waals surface area contributed by atoms with Gasteiger partial charge in [0.25, 0.3) is 5.91 Å². The molecule has 3 nitrogen and oxygen atoms in total. The van der Waals surface area contributed by atoms with Crippen molar-refractivity contribution in [3.8, 4) is 0 Å². The number of nitrogens with one attached hydrogen (secondary N) is 1. The SMILES string of the molecule is CC(C)(CN)CNC(=O)c1ccc(F)c(F)c1. The van der Waals surface area contributed by atoms with Gasteiger partial charge in [-0.3, -0.25) is 4.79 Å². The van der Waals surface area contributed by atoms with Crippen LogP contribution < -0.4 is 11.1 Å². The molecular weight excluding hydrogens is 226 g/mol. The van der Waals surface area contributed by atoms with E-state index in [1.807, 2.05) is 13.8 Å². The summed E-state index contributed by atoms with van der Waals surface area (Å²) in [5, 5.41) is 2.63. The molecule has 17 heavy (non-hydrogen) atoms. The van der Waals surface area contributed by atoms with Crippen LogP contribution in [-0.4, -0.2) is 19.0 Å². The second-order valence-electron chi connectivity index (χ2n) is 4.68. The van der Waals surface area contributed by atoms with Crippen LogP contribution in [0.5, 0.6) is 0 Å². The summed E-state index contributed by atoms with van der Waals surface area (Å²) < 4.78 is 25.6. The second kappa shape index (κ2) is 5.23. The Morgan fingerprint density at radius 1 is 1.35 bits per heavy atom. The third-order valence-electron chi connectivity index (χ3n) is 2.46. The third-order valence-corrected chi connectivity index (χ3v) is 2.46. The van der Waals surface area contributed by atoms with Gasteiger partial charge in [-0.25, -0.2) is 8.78 Å². The Morgan fingerprint density at radius 3 is 2.53 bits per heavy atom. The Bertz CT molecular complexity index is 419. The number of carbonyl (C=O) groups excluding carboxylic acids is 1. The minimum Gasteiger partial charge on any atom is -0.351 e. The largest absolute Gasteiger partial charge is 0.351 e. The number of hydrogen-bond donors (Lipinski definition) is 2. The maximum Gasteiger partial charge on any atom is 0.251 e. The highest BCUT2D eigenvalue weighted by Gasteiger charge is 2.17. The zero-order valence-corrected chi connectivity index (χ0v) is 9.89. The second-order valence-corrected chi connectivity index (χ2v) is 4.68. The molecule has 0 atom stereocenters. The van der Waals surface area contributed by atoms with Crippen LogP contribution in [-0.2, 0) is 0 Å². The molecule has 0 aliphatic rings. The Labute approximate surface area is 99.0 Å². The van der Waals surface area contributed by atoms with Gasteiger partial charge in [-0.05, 0) is 30.2 Å². The van der Waals surface area contributed by atoms with Gasteiger partial charge in [0.05, 0.1) is 0 Å². The average molecular weight is 242 g/mol. The number of carbonyl (C=O) groups is 1. The maximum atomic E-state index is 12.9. The summed E-state index contributed by atoms with van der Waals surface area (Å²) in [5.41, 5.74) is 5.38. The molecule has 0 fully saturated rings. The van der Waals surface area contributed by atoms with E-state index in [0.29, 0.717) is 13.1 Å². The molecule has 1 amide bonds. The Balaban J connectivity index is 2.68. The third kappa shape index (κ3) is 3.78. The van der Waals surface area contributed by atoms with Crippen molar-refractivity contribution in [2.24, 2.45) is 11.1 Å². The quantitative estimate of drug-likeness (QED) is 0.844. The zero-order chi connectivity index (χ0) is 13.1. The fourth-order valence-electron chi connectivity index (χ4n) is 1.13. The Kier molecular flexibility index (Phi) is 4.17. The van der Waals surface area contributed by atoms with Crippen molar-refractivity contribution in [2.75, 3.05) is 13.1 Å². The molecule has 5 heteroatoms. The molecule has 0 aliphatic carbocycles. The van der Waals surface area contributed by atoms with Crippen molar-refractivity contribution in [3.63, 3.8) is 0 Å². The van der Waals surface area contributed by atoms with Crippen LogP contribution in [0.1, 0.15) is 24.2 Å². The summed E-state index contributed by atoms with van der Waals surface area (Å²) in [6.07, 6.45) is 0. The Hall–Kier alpha value is -1.49. The molecule has 0 saturated carbocycles. The summed E-state index contributed by atoms with van der Waals surface area (Å²) in [5.74, 6) is -2.44. The standard InChI is InChI=1S/C12H16F2N2O/c1-12(2,6-15)7-16-11(17)8-3-4-9(13)10(14)5-8/h3-5H,6-7,15H2,1-2H3,(H,16,17). The summed E-state index contributed by atoms with van der Waals surface area (Å²) in [6, 6.07) is 3.04. The lowest BCUT2D eigenvalue weighted by Crippen LogP contribution is -2.38. The van der Waals surface area contributed by atoms with E-state index in [4.69, 9.17) is 5.73 Å².